The molecule has 1 aliphatic heterocycles. The van der Waals surface area contributed by atoms with Crippen LogP contribution in [0.4, 0.5) is 15.9 Å². The Labute approximate surface area is 155 Å². The monoisotopic (exact) mass is 377 g/mol. The van der Waals surface area contributed by atoms with E-state index < -0.39 is 11.2 Å². The van der Waals surface area contributed by atoms with Crippen molar-refractivity contribution in [1.29, 1.82) is 0 Å². The molecule has 4 rings (SSSR count). The van der Waals surface area contributed by atoms with Gasteiger partial charge in [-0.1, -0.05) is 11.6 Å². The second kappa shape index (κ2) is 5.96. The van der Waals surface area contributed by atoms with Crippen molar-refractivity contribution in [1.82, 2.24) is 9.78 Å². The zero-order chi connectivity index (χ0) is 18.6. The van der Waals surface area contributed by atoms with Crippen LogP contribution in [0.2, 0.25) is 5.02 Å². The molecule has 0 spiro atoms. The molecule has 2 atom stereocenters. The van der Waals surface area contributed by atoms with Gasteiger partial charge in [-0.05, 0) is 43.9 Å². The molecule has 1 aliphatic carbocycles. The Balaban J connectivity index is 1.81. The lowest BCUT2D eigenvalue weighted by atomic mass is 9.75. The van der Waals surface area contributed by atoms with Gasteiger partial charge in [0.15, 0.2) is 0 Å². The number of rotatable bonds is 1. The van der Waals surface area contributed by atoms with Crippen molar-refractivity contribution < 1.29 is 9.18 Å². The molecule has 0 saturated carbocycles. The Kier molecular flexibility index (Phi) is 3.96. The molecule has 0 fully saturated rings. The van der Waals surface area contributed by atoms with Gasteiger partial charge in [-0.3, -0.25) is 4.79 Å². The number of benzene rings is 1. The molecule has 138 valence electrons. The minimum absolute atomic E-state index is 0.0310. The fourth-order valence-corrected chi connectivity index (χ4v) is 4.27. The topological polar surface area (TPSA) is 99.0 Å². The highest BCUT2D eigenvalue weighted by atomic mass is 35.5. The number of nitrogen functional groups attached to an aromatic ring is 1. The minimum Gasteiger partial charge on any atom is -0.384 e. The standard InChI is InChI=1S/C18H21ClFN5O/c1-18(4-5-23-15-12(18)6-9(20)7-13(15)19)17(26)25-16(22)11-3-2-10(21)8-14(11)24-25/h6-7,10,23H,2-5,8,21-22H2,1H3. The number of hydrogen-bond donors (Lipinski definition) is 3. The number of carbonyl (C=O) groups excluding carboxylic acids is 1. The van der Waals surface area contributed by atoms with E-state index in [1.165, 1.54) is 16.8 Å². The van der Waals surface area contributed by atoms with Crippen LogP contribution in [-0.2, 0) is 18.3 Å². The van der Waals surface area contributed by atoms with Crippen molar-refractivity contribution in [2.75, 3.05) is 17.6 Å². The van der Waals surface area contributed by atoms with Gasteiger partial charge in [-0.2, -0.15) is 9.78 Å². The summed E-state index contributed by atoms with van der Waals surface area (Å²) < 4.78 is 15.3. The number of anilines is 2. The zero-order valence-electron chi connectivity index (χ0n) is 14.5. The molecule has 8 heteroatoms. The molecule has 5 N–H and O–H groups in total. The first-order valence-corrected chi connectivity index (χ1v) is 9.09. The Morgan fingerprint density at radius 1 is 1.50 bits per heavy atom. The van der Waals surface area contributed by atoms with Gasteiger partial charge < -0.3 is 16.8 Å². The first kappa shape index (κ1) is 17.3. The summed E-state index contributed by atoms with van der Waals surface area (Å²) in [6, 6.07) is 2.63. The lowest BCUT2D eigenvalue weighted by Gasteiger charge is -2.35. The maximum Gasteiger partial charge on any atom is 0.259 e. The van der Waals surface area contributed by atoms with Gasteiger partial charge in [-0.15, -0.1) is 0 Å². The van der Waals surface area contributed by atoms with Crippen LogP contribution in [-0.4, -0.2) is 28.3 Å². The number of aromatic nitrogens is 2. The maximum absolute atomic E-state index is 14.0. The highest BCUT2D eigenvalue weighted by Crippen LogP contribution is 2.43. The number of nitrogens with one attached hydrogen (secondary N) is 1. The average molecular weight is 378 g/mol. The van der Waals surface area contributed by atoms with Gasteiger partial charge in [0.1, 0.15) is 11.6 Å². The van der Waals surface area contributed by atoms with Crippen LogP contribution in [0.15, 0.2) is 12.1 Å². The van der Waals surface area contributed by atoms with Crippen molar-refractivity contribution in [2.45, 2.75) is 44.1 Å². The second-order valence-corrected chi connectivity index (χ2v) is 7.76. The fourth-order valence-electron chi connectivity index (χ4n) is 4.00. The van der Waals surface area contributed by atoms with Crippen LogP contribution in [0.5, 0.6) is 0 Å². The van der Waals surface area contributed by atoms with Crippen LogP contribution >= 0.6 is 11.6 Å². The second-order valence-electron chi connectivity index (χ2n) is 7.35. The van der Waals surface area contributed by atoms with Crippen molar-refractivity contribution >= 4 is 29.0 Å². The number of nitrogens with zero attached hydrogens (tertiary/aromatic N) is 2. The smallest absolute Gasteiger partial charge is 0.259 e. The molecule has 0 amide bonds. The molecular formula is C18H21ClFN5O. The highest BCUT2D eigenvalue weighted by Gasteiger charge is 2.43. The Bertz CT molecular complexity index is 911. The SMILES string of the molecule is CC1(C(=O)n2nc3c(c2N)CCC(N)C3)CCNc2c(Cl)cc(F)cc21. The van der Waals surface area contributed by atoms with Gasteiger partial charge >= 0.3 is 0 Å². The predicted octanol–water partition coefficient (Wildman–Crippen LogP) is 2.49. The summed E-state index contributed by atoms with van der Waals surface area (Å²) >= 11 is 6.18. The number of fused-ring (bicyclic) bond motifs is 2. The van der Waals surface area contributed by atoms with E-state index in [4.69, 9.17) is 23.1 Å². The van der Waals surface area contributed by atoms with Gasteiger partial charge in [0.25, 0.3) is 5.91 Å². The summed E-state index contributed by atoms with van der Waals surface area (Å²) in [5.74, 6) is -0.390. The van der Waals surface area contributed by atoms with Crippen LogP contribution < -0.4 is 16.8 Å². The van der Waals surface area contributed by atoms with Gasteiger partial charge in [-0.25, -0.2) is 4.39 Å². The predicted molar refractivity (Wildman–Crippen MR) is 99.1 cm³/mol. The maximum atomic E-state index is 14.0. The van der Waals surface area contributed by atoms with Crippen molar-refractivity contribution in [3.05, 3.63) is 39.8 Å². The van der Waals surface area contributed by atoms with E-state index in [1.54, 1.807) is 6.92 Å². The van der Waals surface area contributed by atoms with Crippen LogP contribution in [0.3, 0.4) is 0 Å². The van der Waals surface area contributed by atoms with Crippen LogP contribution in [0.25, 0.3) is 0 Å². The summed E-state index contributed by atoms with van der Waals surface area (Å²) in [5.41, 5.74) is 14.1. The third kappa shape index (κ3) is 2.49. The third-order valence-electron chi connectivity index (χ3n) is 5.57. The molecule has 2 unspecified atom stereocenters. The first-order chi connectivity index (χ1) is 12.3. The van der Waals surface area contributed by atoms with Gasteiger partial charge in [0.2, 0.25) is 0 Å². The molecule has 2 heterocycles. The molecule has 2 aliphatic rings. The van der Waals surface area contributed by atoms with Crippen LogP contribution in [0.1, 0.15) is 41.4 Å². The summed E-state index contributed by atoms with van der Waals surface area (Å²) in [4.78, 5) is 13.4. The minimum atomic E-state index is -0.975. The highest BCUT2D eigenvalue weighted by molar-refractivity contribution is 6.33. The lowest BCUT2D eigenvalue weighted by molar-refractivity contribution is 0.0785. The van der Waals surface area contributed by atoms with Crippen LogP contribution in [0, 0.1) is 5.82 Å². The average Bonchev–Trinajstić information content (AvgIpc) is 2.91. The van der Waals surface area contributed by atoms with Crippen molar-refractivity contribution in [3.63, 3.8) is 0 Å². The molecular weight excluding hydrogens is 357 g/mol. The quantitative estimate of drug-likeness (QED) is 0.709. The fraction of sp³-hybridized carbons (Fsp3) is 0.444. The summed E-state index contributed by atoms with van der Waals surface area (Å²) in [6.45, 7) is 2.34. The van der Waals surface area contributed by atoms with E-state index in [-0.39, 0.29) is 17.0 Å². The van der Waals surface area contributed by atoms with E-state index in [0.29, 0.717) is 42.9 Å². The Hall–Kier alpha value is -2.12. The molecule has 1 aromatic carbocycles. The number of hydrogen-bond acceptors (Lipinski definition) is 5. The Morgan fingerprint density at radius 3 is 3.04 bits per heavy atom. The van der Waals surface area contributed by atoms with E-state index in [0.717, 1.165) is 17.7 Å². The summed E-state index contributed by atoms with van der Waals surface area (Å²) in [6.07, 6.45) is 2.63. The molecule has 1 aromatic heterocycles. The molecule has 0 bridgehead atoms. The van der Waals surface area contributed by atoms with Gasteiger partial charge in [0.05, 0.1) is 21.8 Å². The molecule has 0 saturated heterocycles. The normalized spacial score (nSPS) is 24.5. The van der Waals surface area contributed by atoms with E-state index in [2.05, 4.69) is 10.4 Å². The first-order valence-electron chi connectivity index (χ1n) is 8.71. The van der Waals surface area contributed by atoms with Crippen molar-refractivity contribution in [2.24, 2.45) is 5.73 Å². The number of carbonyl (C=O) groups is 1. The summed E-state index contributed by atoms with van der Waals surface area (Å²) in [7, 11) is 0. The van der Waals surface area contributed by atoms with Crippen molar-refractivity contribution in [3.8, 4) is 0 Å². The van der Waals surface area contributed by atoms with E-state index >= 15 is 0 Å². The molecule has 0 radical (unpaired) electrons. The van der Waals surface area contributed by atoms with E-state index in [9.17, 15) is 9.18 Å². The van der Waals surface area contributed by atoms with Gasteiger partial charge in [0, 0.05) is 24.6 Å². The molecule has 6 nitrogen and oxygen atoms in total. The molecule has 26 heavy (non-hydrogen) atoms. The molecule has 2 aromatic rings. The largest absolute Gasteiger partial charge is 0.384 e. The lowest BCUT2D eigenvalue weighted by Crippen LogP contribution is -2.42. The summed E-state index contributed by atoms with van der Waals surface area (Å²) in [5, 5.41) is 7.88. The zero-order valence-corrected chi connectivity index (χ0v) is 15.2. The third-order valence-corrected chi connectivity index (χ3v) is 5.87. The Morgan fingerprint density at radius 2 is 2.27 bits per heavy atom. The number of halogens is 2. The number of nitrogens with two attached hydrogens (primary N) is 2. The van der Waals surface area contributed by atoms with E-state index in [1.807, 2.05) is 0 Å².